The molecular weight excluding hydrogens is 295 g/mol. The molecule has 5 heteroatoms. The van der Waals surface area contributed by atoms with Crippen LogP contribution in [0.5, 0.6) is 0 Å². The maximum atomic E-state index is 6.25. The zero-order valence-corrected chi connectivity index (χ0v) is 13.6. The van der Waals surface area contributed by atoms with Crippen LogP contribution in [-0.2, 0) is 11.2 Å². The van der Waals surface area contributed by atoms with Gasteiger partial charge >= 0.3 is 0 Å². The van der Waals surface area contributed by atoms with Gasteiger partial charge in [0.25, 0.3) is 0 Å². The highest BCUT2D eigenvalue weighted by Crippen LogP contribution is 2.36. The number of benzene rings is 1. The molecule has 0 aliphatic carbocycles. The fourth-order valence-corrected chi connectivity index (χ4v) is 3.62. The minimum atomic E-state index is 0.112. The molecule has 1 aromatic carbocycles. The Morgan fingerprint density at radius 2 is 1.95 bits per heavy atom. The summed E-state index contributed by atoms with van der Waals surface area (Å²) < 4.78 is 5.91. The van der Waals surface area contributed by atoms with Gasteiger partial charge in [-0.05, 0) is 49.9 Å². The van der Waals surface area contributed by atoms with Crippen LogP contribution in [0.1, 0.15) is 26.3 Å². The van der Waals surface area contributed by atoms with Gasteiger partial charge in [0.1, 0.15) is 0 Å². The summed E-state index contributed by atoms with van der Waals surface area (Å²) in [6.45, 7) is 6.43. The highest BCUT2D eigenvalue weighted by Gasteiger charge is 2.41. The lowest BCUT2D eigenvalue weighted by Crippen LogP contribution is -2.46. The Morgan fingerprint density at radius 1 is 1.25 bits per heavy atom. The molecule has 0 saturated carbocycles. The fourth-order valence-electron chi connectivity index (χ4n) is 3.23. The average Bonchev–Trinajstić information content (AvgIpc) is 2.65. The molecule has 3 nitrogen and oxygen atoms in total. The smallest absolute Gasteiger partial charge is 0.0597 e. The molecule has 20 heavy (non-hydrogen) atoms. The maximum Gasteiger partial charge on any atom is 0.0597 e. The zero-order valence-electron chi connectivity index (χ0n) is 12.1. The van der Waals surface area contributed by atoms with E-state index in [1.165, 1.54) is 0 Å². The van der Waals surface area contributed by atoms with Crippen molar-refractivity contribution in [2.75, 3.05) is 0 Å². The number of hydrogen-bond acceptors (Lipinski definition) is 3. The number of ether oxygens (including phenoxy) is 1. The van der Waals surface area contributed by atoms with Gasteiger partial charge < -0.3 is 4.74 Å². The van der Waals surface area contributed by atoms with E-state index in [1.54, 1.807) is 6.07 Å². The summed E-state index contributed by atoms with van der Waals surface area (Å²) in [4.78, 5) is 0. The van der Waals surface area contributed by atoms with E-state index in [2.05, 4.69) is 26.2 Å². The van der Waals surface area contributed by atoms with Crippen LogP contribution in [0.4, 0.5) is 0 Å². The summed E-state index contributed by atoms with van der Waals surface area (Å²) in [7, 11) is 0. The van der Waals surface area contributed by atoms with Gasteiger partial charge in [0, 0.05) is 22.0 Å². The zero-order chi connectivity index (χ0) is 14.9. The van der Waals surface area contributed by atoms with Crippen molar-refractivity contribution in [3.05, 3.63) is 33.8 Å². The molecule has 1 saturated heterocycles. The van der Waals surface area contributed by atoms with Crippen molar-refractivity contribution < 1.29 is 4.74 Å². The normalized spacial score (nSPS) is 31.5. The quantitative estimate of drug-likeness (QED) is 0.661. The van der Waals surface area contributed by atoms with Crippen LogP contribution in [0.3, 0.4) is 0 Å². The van der Waals surface area contributed by atoms with Gasteiger partial charge in [-0.1, -0.05) is 30.1 Å². The lowest BCUT2D eigenvalue weighted by atomic mass is 9.81. The van der Waals surface area contributed by atoms with E-state index in [4.69, 9.17) is 33.8 Å². The fraction of sp³-hybridized carbons (Fsp3) is 0.600. The minimum absolute atomic E-state index is 0.112. The Bertz CT molecular complexity index is 469. The van der Waals surface area contributed by atoms with E-state index < -0.39 is 0 Å². The molecule has 1 fully saturated rings. The molecule has 2 rings (SSSR count). The third-order valence-electron chi connectivity index (χ3n) is 4.45. The summed E-state index contributed by atoms with van der Waals surface area (Å²) in [5.74, 6) is 6.58. The van der Waals surface area contributed by atoms with Gasteiger partial charge in [0.05, 0.1) is 12.2 Å². The third kappa shape index (κ3) is 3.29. The molecule has 112 valence electrons. The van der Waals surface area contributed by atoms with E-state index in [-0.39, 0.29) is 18.2 Å². The Balaban J connectivity index is 2.19. The SMILES string of the molecule is CC1OC(C)C(C(Cc2cc(Cl)ccc2Cl)NN)C1C. The van der Waals surface area contributed by atoms with Crippen molar-refractivity contribution in [3.8, 4) is 0 Å². The van der Waals surface area contributed by atoms with E-state index in [0.717, 1.165) is 17.0 Å². The topological polar surface area (TPSA) is 47.3 Å². The number of hydrogen-bond donors (Lipinski definition) is 2. The lowest BCUT2D eigenvalue weighted by molar-refractivity contribution is 0.0476. The summed E-state index contributed by atoms with van der Waals surface area (Å²) in [5, 5.41) is 1.42. The molecule has 0 spiro atoms. The lowest BCUT2D eigenvalue weighted by Gasteiger charge is -2.28. The van der Waals surface area contributed by atoms with Crippen LogP contribution < -0.4 is 11.3 Å². The Labute approximate surface area is 130 Å². The Morgan fingerprint density at radius 3 is 2.50 bits per heavy atom. The molecule has 5 unspecified atom stereocenters. The van der Waals surface area contributed by atoms with E-state index >= 15 is 0 Å². The second kappa shape index (κ2) is 6.63. The van der Waals surface area contributed by atoms with Crippen molar-refractivity contribution in [1.82, 2.24) is 5.43 Å². The first kappa shape index (κ1) is 16.1. The molecule has 0 aromatic heterocycles. The van der Waals surface area contributed by atoms with E-state index in [0.29, 0.717) is 16.9 Å². The van der Waals surface area contributed by atoms with Gasteiger partial charge in [0.15, 0.2) is 0 Å². The van der Waals surface area contributed by atoms with Crippen LogP contribution >= 0.6 is 23.2 Å². The van der Waals surface area contributed by atoms with Gasteiger partial charge in [0.2, 0.25) is 0 Å². The molecule has 0 radical (unpaired) electrons. The van der Waals surface area contributed by atoms with Crippen LogP contribution in [0.2, 0.25) is 10.0 Å². The summed E-state index contributed by atoms with van der Waals surface area (Å²) in [6.07, 6.45) is 1.17. The van der Waals surface area contributed by atoms with Crippen molar-refractivity contribution in [2.24, 2.45) is 17.7 Å². The van der Waals surface area contributed by atoms with E-state index in [1.807, 2.05) is 12.1 Å². The molecule has 0 bridgehead atoms. The monoisotopic (exact) mass is 316 g/mol. The molecule has 5 atom stereocenters. The van der Waals surface area contributed by atoms with Crippen molar-refractivity contribution >= 4 is 23.2 Å². The number of nitrogens with one attached hydrogen (secondary N) is 1. The molecule has 1 aliphatic rings. The maximum absolute atomic E-state index is 6.25. The van der Waals surface area contributed by atoms with Gasteiger partial charge in [-0.25, -0.2) is 0 Å². The first-order valence-electron chi connectivity index (χ1n) is 6.99. The van der Waals surface area contributed by atoms with Gasteiger partial charge in [-0.3, -0.25) is 11.3 Å². The van der Waals surface area contributed by atoms with Crippen molar-refractivity contribution in [3.63, 3.8) is 0 Å². The van der Waals surface area contributed by atoms with Gasteiger partial charge in [-0.15, -0.1) is 0 Å². The van der Waals surface area contributed by atoms with Crippen LogP contribution in [0, 0.1) is 11.8 Å². The standard InChI is InChI=1S/C15H22Cl2N2O/c1-8-9(2)20-10(3)15(8)14(19-18)7-11-6-12(16)4-5-13(11)17/h4-6,8-10,14-15,19H,7,18H2,1-3H3. The predicted molar refractivity (Wildman–Crippen MR) is 83.9 cm³/mol. The number of rotatable bonds is 4. The van der Waals surface area contributed by atoms with E-state index in [9.17, 15) is 0 Å². The highest BCUT2D eigenvalue weighted by atomic mass is 35.5. The summed E-state index contributed by atoms with van der Waals surface area (Å²) in [5.41, 5.74) is 3.95. The summed E-state index contributed by atoms with van der Waals surface area (Å²) >= 11 is 12.3. The third-order valence-corrected chi connectivity index (χ3v) is 5.05. The minimum Gasteiger partial charge on any atom is -0.375 e. The molecule has 1 heterocycles. The van der Waals surface area contributed by atoms with Crippen LogP contribution in [0.15, 0.2) is 18.2 Å². The Hall–Kier alpha value is -0.320. The molecular formula is C15H22Cl2N2O. The second-order valence-corrected chi connectivity index (χ2v) is 6.54. The highest BCUT2D eigenvalue weighted by molar-refractivity contribution is 6.33. The summed E-state index contributed by atoms with van der Waals surface area (Å²) in [6, 6.07) is 5.64. The molecule has 3 N–H and O–H groups in total. The first-order valence-corrected chi connectivity index (χ1v) is 7.75. The van der Waals surface area contributed by atoms with Crippen LogP contribution in [0.25, 0.3) is 0 Å². The van der Waals surface area contributed by atoms with Crippen molar-refractivity contribution in [2.45, 2.75) is 45.4 Å². The molecule has 0 amide bonds. The van der Waals surface area contributed by atoms with Crippen molar-refractivity contribution in [1.29, 1.82) is 0 Å². The Kier molecular flexibility index (Phi) is 5.32. The second-order valence-electron chi connectivity index (χ2n) is 5.70. The van der Waals surface area contributed by atoms with Crippen LogP contribution in [-0.4, -0.2) is 18.2 Å². The first-order chi connectivity index (χ1) is 9.43. The number of nitrogens with two attached hydrogens (primary N) is 1. The molecule has 1 aromatic rings. The molecule has 1 aliphatic heterocycles. The predicted octanol–water partition coefficient (Wildman–Crippen LogP) is 3.43. The number of halogens is 2. The average molecular weight is 317 g/mol. The largest absolute Gasteiger partial charge is 0.375 e. The van der Waals surface area contributed by atoms with Gasteiger partial charge in [-0.2, -0.15) is 0 Å². The number of hydrazine groups is 1.